The zero-order valence-electron chi connectivity index (χ0n) is 22.5. The Hall–Kier alpha value is -4.52. The fourth-order valence-electron chi connectivity index (χ4n) is 5.18. The van der Waals surface area contributed by atoms with Gasteiger partial charge in [-0.3, -0.25) is 9.59 Å². The van der Waals surface area contributed by atoms with Gasteiger partial charge in [-0.05, 0) is 59.4 Å². The van der Waals surface area contributed by atoms with Gasteiger partial charge in [-0.1, -0.05) is 50.2 Å². The molecule has 0 aliphatic carbocycles. The van der Waals surface area contributed by atoms with Crippen molar-refractivity contribution in [1.82, 2.24) is 9.88 Å². The van der Waals surface area contributed by atoms with Crippen molar-refractivity contribution in [2.24, 2.45) is 0 Å². The van der Waals surface area contributed by atoms with Gasteiger partial charge in [-0.2, -0.15) is 0 Å². The number of H-pyrrole nitrogens is 1. The smallest absolute Gasteiger partial charge is 0.295 e. The number of hydrogen-bond acceptors (Lipinski definition) is 5. The molecule has 0 saturated carbocycles. The number of rotatable bonds is 8. The molecule has 7 nitrogen and oxygen atoms in total. The summed E-state index contributed by atoms with van der Waals surface area (Å²) in [5.41, 5.74) is 4.38. The number of aliphatic hydroxyl groups is 1. The topological polar surface area (TPSA) is 91.9 Å². The quantitative estimate of drug-likeness (QED) is 0.168. The molecule has 200 valence electrons. The maximum atomic E-state index is 13.4. The standard InChI is InChI=1S/C32H32N2O5/c1-19(2)20-8-10-21(11-9-20)29-28(30(35)22-6-5-7-24(16-22)38-3)31(36)32(37)34(29)15-14-23-18-33-27-13-12-25(39-4)17-26(23)27/h5-13,16-19,29,33,35H,14-15H2,1-4H3/t29-/m0/s1. The molecule has 1 saturated heterocycles. The number of ketones is 1. The third kappa shape index (κ3) is 4.88. The number of nitrogens with zero attached hydrogens (tertiary/aromatic N) is 1. The van der Waals surface area contributed by atoms with E-state index in [2.05, 4.69) is 18.8 Å². The number of carbonyl (C=O) groups is 2. The van der Waals surface area contributed by atoms with Gasteiger partial charge < -0.3 is 24.5 Å². The summed E-state index contributed by atoms with van der Waals surface area (Å²) in [4.78, 5) is 31.7. The predicted octanol–water partition coefficient (Wildman–Crippen LogP) is 5.97. The molecular weight excluding hydrogens is 492 g/mol. The molecule has 0 spiro atoms. The van der Waals surface area contributed by atoms with Gasteiger partial charge in [0.25, 0.3) is 11.7 Å². The van der Waals surface area contributed by atoms with E-state index in [-0.39, 0.29) is 11.3 Å². The molecule has 5 rings (SSSR count). The number of aromatic nitrogens is 1. The molecule has 0 bridgehead atoms. The highest BCUT2D eigenvalue weighted by Crippen LogP contribution is 2.40. The van der Waals surface area contributed by atoms with Crippen molar-refractivity contribution in [2.75, 3.05) is 20.8 Å². The number of methoxy groups -OCH3 is 2. The SMILES string of the molecule is COc1cccc(C(O)=C2C(=O)C(=O)N(CCc3c[nH]c4ccc(OC)cc34)[C@H]2c2ccc(C(C)C)cc2)c1. The third-order valence-corrected chi connectivity index (χ3v) is 7.40. The number of ether oxygens (including phenoxy) is 2. The highest BCUT2D eigenvalue weighted by atomic mass is 16.5. The predicted molar refractivity (Wildman–Crippen MR) is 151 cm³/mol. The first-order chi connectivity index (χ1) is 18.8. The van der Waals surface area contributed by atoms with Gasteiger partial charge in [0.2, 0.25) is 0 Å². The van der Waals surface area contributed by atoms with E-state index in [1.165, 1.54) is 7.11 Å². The van der Waals surface area contributed by atoms with Crippen LogP contribution in [0.3, 0.4) is 0 Å². The van der Waals surface area contributed by atoms with E-state index in [1.807, 2.05) is 48.7 Å². The lowest BCUT2D eigenvalue weighted by Crippen LogP contribution is -2.31. The number of carbonyl (C=O) groups excluding carboxylic acids is 2. The van der Waals surface area contributed by atoms with Crippen LogP contribution in [0, 0.1) is 0 Å². The van der Waals surface area contributed by atoms with Crippen molar-refractivity contribution in [3.8, 4) is 11.5 Å². The lowest BCUT2D eigenvalue weighted by Gasteiger charge is -2.25. The summed E-state index contributed by atoms with van der Waals surface area (Å²) in [7, 11) is 3.16. The average Bonchev–Trinajstić information content (AvgIpc) is 3.48. The Morgan fingerprint density at radius 2 is 1.69 bits per heavy atom. The fourth-order valence-corrected chi connectivity index (χ4v) is 5.18. The minimum atomic E-state index is -0.725. The number of nitrogens with one attached hydrogen (secondary N) is 1. The Balaban J connectivity index is 1.56. The molecule has 2 N–H and O–H groups in total. The Morgan fingerprint density at radius 3 is 2.38 bits per heavy atom. The van der Waals surface area contributed by atoms with Gasteiger partial charge >= 0.3 is 0 Å². The van der Waals surface area contributed by atoms with Crippen LogP contribution >= 0.6 is 0 Å². The fraction of sp³-hybridized carbons (Fsp3) is 0.250. The number of aliphatic hydroxyl groups excluding tert-OH is 1. The summed E-state index contributed by atoms with van der Waals surface area (Å²) in [6, 6.07) is 19.8. The minimum Gasteiger partial charge on any atom is -0.507 e. The van der Waals surface area contributed by atoms with Gasteiger partial charge in [0, 0.05) is 29.2 Å². The highest BCUT2D eigenvalue weighted by molar-refractivity contribution is 6.46. The van der Waals surface area contributed by atoms with Crippen molar-refractivity contribution < 1.29 is 24.2 Å². The molecule has 1 aliphatic rings. The number of amides is 1. The van der Waals surface area contributed by atoms with E-state index in [0.717, 1.165) is 33.3 Å². The molecule has 1 amide bonds. The highest BCUT2D eigenvalue weighted by Gasteiger charge is 2.46. The Morgan fingerprint density at radius 1 is 0.974 bits per heavy atom. The largest absolute Gasteiger partial charge is 0.507 e. The number of benzene rings is 3. The van der Waals surface area contributed by atoms with Crippen LogP contribution in [0.25, 0.3) is 16.7 Å². The number of aromatic amines is 1. The molecular formula is C32H32N2O5. The molecule has 1 atom stereocenters. The average molecular weight is 525 g/mol. The van der Waals surface area contributed by atoms with Gasteiger partial charge in [-0.25, -0.2) is 0 Å². The first-order valence-corrected chi connectivity index (χ1v) is 13.0. The molecule has 4 aromatic rings. The van der Waals surface area contributed by atoms with Gasteiger partial charge in [0.05, 0.1) is 25.8 Å². The molecule has 0 radical (unpaired) electrons. The van der Waals surface area contributed by atoms with Gasteiger partial charge in [0.1, 0.15) is 17.3 Å². The maximum Gasteiger partial charge on any atom is 0.295 e. The molecule has 2 heterocycles. The monoisotopic (exact) mass is 524 g/mol. The van der Waals surface area contributed by atoms with Crippen molar-refractivity contribution in [1.29, 1.82) is 0 Å². The Kier molecular flexibility index (Phi) is 7.15. The van der Waals surface area contributed by atoms with E-state index in [4.69, 9.17) is 9.47 Å². The number of Topliss-reactive ketones (excluding diaryl/α,β-unsaturated/α-hetero) is 1. The van der Waals surface area contributed by atoms with Crippen LogP contribution in [-0.4, -0.2) is 47.4 Å². The lowest BCUT2D eigenvalue weighted by atomic mass is 9.93. The van der Waals surface area contributed by atoms with Crippen LogP contribution < -0.4 is 9.47 Å². The first-order valence-electron chi connectivity index (χ1n) is 13.0. The molecule has 1 aromatic heterocycles. The van der Waals surface area contributed by atoms with Crippen LogP contribution in [0.2, 0.25) is 0 Å². The third-order valence-electron chi connectivity index (χ3n) is 7.40. The number of fused-ring (bicyclic) bond motifs is 1. The van der Waals surface area contributed by atoms with Crippen molar-refractivity contribution in [3.05, 3.63) is 101 Å². The van der Waals surface area contributed by atoms with E-state index < -0.39 is 17.7 Å². The molecule has 39 heavy (non-hydrogen) atoms. The van der Waals surface area contributed by atoms with Crippen LogP contribution in [0.4, 0.5) is 0 Å². The van der Waals surface area contributed by atoms with Crippen molar-refractivity contribution in [3.63, 3.8) is 0 Å². The first kappa shape index (κ1) is 26.1. The Labute approximate surface area is 227 Å². The van der Waals surface area contributed by atoms with Gasteiger partial charge in [-0.15, -0.1) is 0 Å². The second-order valence-electron chi connectivity index (χ2n) is 10.0. The van der Waals surface area contributed by atoms with Crippen molar-refractivity contribution >= 4 is 28.4 Å². The van der Waals surface area contributed by atoms with Crippen LogP contribution in [-0.2, 0) is 16.0 Å². The summed E-state index contributed by atoms with van der Waals surface area (Å²) in [6.45, 7) is 4.51. The summed E-state index contributed by atoms with van der Waals surface area (Å²) in [5, 5.41) is 12.4. The second kappa shape index (κ2) is 10.7. The molecule has 1 fully saturated rings. The van der Waals surface area contributed by atoms with Crippen LogP contribution in [0.1, 0.15) is 48.1 Å². The van der Waals surface area contributed by atoms with E-state index in [1.54, 1.807) is 36.3 Å². The zero-order chi connectivity index (χ0) is 27.7. The second-order valence-corrected chi connectivity index (χ2v) is 10.0. The molecule has 3 aromatic carbocycles. The molecule has 0 unspecified atom stereocenters. The summed E-state index contributed by atoms with van der Waals surface area (Å²) in [6.07, 6.45) is 2.43. The van der Waals surface area contributed by atoms with Crippen LogP contribution in [0.15, 0.2) is 78.5 Å². The normalized spacial score (nSPS) is 16.8. The summed E-state index contributed by atoms with van der Waals surface area (Å²) >= 11 is 0. The van der Waals surface area contributed by atoms with Crippen molar-refractivity contribution in [2.45, 2.75) is 32.2 Å². The molecule has 1 aliphatic heterocycles. The minimum absolute atomic E-state index is 0.0751. The summed E-state index contributed by atoms with van der Waals surface area (Å²) in [5.74, 6) is 0.0717. The zero-order valence-corrected chi connectivity index (χ0v) is 22.5. The van der Waals surface area contributed by atoms with Crippen LogP contribution in [0.5, 0.6) is 11.5 Å². The van der Waals surface area contributed by atoms with E-state index in [9.17, 15) is 14.7 Å². The number of likely N-dealkylation sites (tertiary alicyclic amines) is 1. The Bertz CT molecular complexity index is 1570. The lowest BCUT2D eigenvalue weighted by molar-refractivity contribution is -0.139. The van der Waals surface area contributed by atoms with E-state index in [0.29, 0.717) is 30.2 Å². The number of hydrogen-bond donors (Lipinski definition) is 2. The maximum absolute atomic E-state index is 13.4. The van der Waals surface area contributed by atoms with Gasteiger partial charge in [0.15, 0.2) is 0 Å². The summed E-state index contributed by atoms with van der Waals surface area (Å²) < 4.78 is 10.7. The van der Waals surface area contributed by atoms with E-state index >= 15 is 0 Å². The molecule has 7 heteroatoms.